The second-order valence-electron chi connectivity index (χ2n) is 5.50. The summed E-state index contributed by atoms with van der Waals surface area (Å²) in [6.07, 6.45) is 5.67. The predicted octanol–water partition coefficient (Wildman–Crippen LogP) is 1.78. The molecule has 96 valence electrons. The Hall–Kier alpha value is -0.900. The van der Waals surface area contributed by atoms with Crippen LogP contribution >= 0.6 is 0 Å². The summed E-state index contributed by atoms with van der Waals surface area (Å²) >= 11 is 0. The van der Waals surface area contributed by atoms with E-state index in [0.29, 0.717) is 5.92 Å². The first kappa shape index (κ1) is 12.6. The zero-order chi connectivity index (χ0) is 12.3. The van der Waals surface area contributed by atoms with Crippen molar-refractivity contribution in [2.45, 2.75) is 52.5 Å². The van der Waals surface area contributed by atoms with Gasteiger partial charge in [0, 0.05) is 19.4 Å². The second-order valence-corrected chi connectivity index (χ2v) is 5.50. The van der Waals surface area contributed by atoms with E-state index in [1.807, 2.05) is 0 Å². The van der Waals surface area contributed by atoms with Crippen LogP contribution in [0.25, 0.3) is 0 Å². The fourth-order valence-corrected chi connectivity index (χ4v) is 2.53. The molecule has 2 N–H and O–H groups in total. The molecule has 1 aliphatic heterocycles. The quantitative estimate of drug-likeness (QED) is 0.847. The summed E-state index contributed by atoms with van der Waals surface area (Å²) in [4.78, 5) is 0. The highest BCUT2D eigenvalue weighted by molar-refractivity contribution is 5.00. The SMILES string of the molecule is CC(CCN)CCc1nnc2n1CCC(C)C2. The van der Waals surface area contributed by atoms with E-state index < -0.39 is 0 Å². The van der Waals surface area contributed by atoms with Crippen LogP contribution < -0.4 is 5.73 Å². The summed E-state index contributed by atoms with van der Waals surface area (Å²) in [5, 5.41) is 8.67. The molecule has 1 aromatic rings. The van der Waals surface area contributed by atoms with Crippen LogP contribution in [0.2, 0.25) is 0 Å². The molecule has 2 rings (SSSR count). The van der Waals surface area contributed by atoms with Gasteiger partial charge in [-0.15, -0.1) is 10.2 Å². The van der Waals surface area contributed by atoms with E-state index in [1.54, 1.807) is 0 Å². The van der Waals surface area contributed by atoms with E-state index in [4.69, 9.17) is 5.73 Å². The van der Waals surface area contributed by atoms with Gasteiger partial charge in [-0.05, 0) is 37.6 Å². The molecule has 0 aromatic carbocycles. The van der Waals surface area contributed by atoms with Crippen LogP contribution in [0.4, 0.5) is 0 Å². The van der Waals surface area contributed by atoms with Gasteiger partial charge in [-0.1, -0.05) is 13.8 Å². The fraction of sp³-hybridized carbons (Fsp3) is 0.846. The van der Waals surface area contributed by atoms with E-state index in [1.165, 1.54) is 24.5 Å². The Labute approximate surface area is 104 Å². The number of nitrogens with two attached hydrogens (primary N) is 1. The molecule has 0 fully saturated rings. The van der Waals surface area contributed by atoms with Crippen molar-refractivity contribution in [1.29, 1.82) is 0 Å². The van der Waals surface area contributed by atoms with Gasteiger partial charge in [0.25, 0.3) is 0 Å². The molecule has 17 heavy (non-hydrogen) atoms. The topological polar surface area (TPSA) is 56.7 Å². The summed E-state index contributed by atoms with van der Waals surface area (Å²) in [5.41, 5.74) is 5.57. The lowest BCUT2D eigenvalue weighted by atomic mass is 9.99. The van der Waals surface area contributed by atoms with Crippen LogP contribution in [-0.2, 0) is 19.4 Å². The van der Waals surface area contributed by atoms with E-state index in [0.717, 1.165) is 38.3 Å². The minimum atomic E-state index is 0.690. The zero-order valence-electron chi connectivity index (χ0n) is 11.0. The van der Waals surface area contributed by atoms with E-state index in [2.05, 4.69) is 28.6 Å². The number of aromatic nitrogens is 3. The van der Waals surface area contributed by atoms with Gasteiger partial charge in [0.15, 0.2) is 0 Å². The highest BCUT2D eigenvalue weighted by Crippen LogP contribution is 2.21. The predicted molar refractivity (Wildman–Crippen MR) is 68.7 cm³/mol. The second kappa shape index (κ2) is 5.63. The lowest BCUT2D eigenvalue weighted by molar-refractivity contribution is 0.397. The summed E-state index contributed by atoms with van der Waals surface area (Å²) in [6.45, 7) is 6.45. The van der Waals surface area contributed by atoms with Crippen molar-refractivity contribution < 1.29 is 0 Å². The fourth-order valence-electron chi connectivity index (χ4n) is 2.53. The first-order valence-electron chi connectivity index (χ1n) is 6.81. The molecule has 0 bridgehead atoms. The number of aryl methyl sites for hydroxylation is 1. The molecule has 1 aromatic heterocycles. The Morgan fingerprint density at radius 2 is 2.24 bits per heavy atom. The summed E-state index contributed by atoms with van der Waals surface area (Å²) < 4.78 is 2.33. The Morgan fingerprint density at radius 1 is 1.41 bits per heavy atom. The molecule has 2 unspecified atom stereocenters. The maximum atomic E-state index is 5.57. The van der Waals surface area contributed by atoms with Crippen LogP contribution in [0.3, 0.4) is 0 Å². The van der Waals surface area contributed by atoms with Gasteiger partial charge in [-0.25, -0.2) is 0 Å². The summed E-state index contributed by atoms with van der Waals surface area (Å²) in [5.74, 6) is 3.81. The maximum absolute atomic E-state index is 5.57. The van der Waals surface area contributed by atoms with Crippen molar-refractivity contribution >= 4 is 0 Å². The van der Waals surface area contributed by atoms with Gasteiger partial charge in [0.05, 0.1) is 0 Å². The lowest BCUT2D eigenvalue weighted by Gasteiger charge is -2.20. The molecule has 0 aliphatic carbocycles. The van der Waals surface area contributed by atoms with Gasteiger partial charge in [-0.2, -0.15) is 0 Å². The molecule has 2 heterocycles. The minimum absolute atomic E-state index is 0.690. The molecule has 2 atom stereocenters. The first-order chi connectivity index (χ1) is 8.20. The van der Waals surface area contributed by atoms with Crippen molar-refractivity contribution in [2.24, 2.45) is 17.6 Å². The molecular weight excluding hydrogens is 212 g/mol. The molecule has 1 aliphatic rings. The van der Waals surface area contributed by atoms with Crippen molar-refractivity contribution in [3.63, 3.8) is 0 Å². The minimum Gasteiger partial charge on any atom is -0.330 e. The molecule has 4 nitrogen and oxygen atoms in total. The largest absolute Gasteiger partial charge is 0.330 e. The van der Waals surface area contributed by atoms with Crippen molar-refractivity contribution in [1.82, 2.24) is 14.8 Å². The molecule has 0 saturated carbocycles. The molecule has 0 radical (unpaired) electrons. The Morgan fingerprint density at radius 3 is 3.00 bits per heavy atom. The van der Waals surface area contributed by atoms with Crippen LogP contribution in [0.5, 0.6) is 0 Å². The number of rotatable bonds is 5. The van der Waals surface area contributed by atoms with Gasteiger partial charge in [-0.3, -0.25) is 0 Å². The Bertz CT molecular complexity index is 358. The Kier molecular flexibility index (Phi) is 4.15. The molecule has 0 spiro atoms. The van der Waals surface area contributed by atoms with Gasteiger partial charge in [0.2, 0.25) is 0 Å². The van der Waals surface area contributed by atoms with Crippen molar-refractivity contribution in [3.8, 4) is 0 Å². The standard InChI is InChI=1S/C13H24N4/c1-10(5-7-14)3-4-12-15-16-13-9-11(2)6-8-17(12)13/h10-11H,3-9,14H2,1-2H3. The number of fused-ring (bicyclic) bond motifs is 1. The smallest absolute Gasteiger partial charge is 0.133 e. The molecule has 0 saturated heterocycles. The zero-order valence-corrected chi connectivity index (χ0v) is 11.0. The van der Waals surface area contributed by atoms with Gasteiger partial charge < -0.3 is 10.3 Å². The summed E-state index contributed by atoms with van der Waals surface area (Å²) in [7, 11) is 0. The highest BCUT2D eigenvalue weighted by atomic mass is 15.3. The third-order valence-corrected chi connectivity index (χ3v) is 3.80. The van der Waals surface area contributed by atoms with Gasteiger partial charge in [0.1, 0.15) is 11.6 Å². The number of hydrogen-bond acceptors (Lipinski definition) is 3. The molecule has 4 heteroatoms. The van der Waals surface area contributed by atoms with Crippen molar-refractivity contribution in [2.75, 3.05) is 6.54 Å². The van der Waals surface area contributed by atoms with Crippen molar-refractivity contribution in [3.05, 3.63) is 11.6 Å². The van der Waals surface area contributed by atoms with Gasteiger partial charge >= 0.3 is 0 Å². The summed E-state index contributed by atoms with van der Waals surface area (Å²) in [6, 6.07) is 0. The average Bonchev–Trinajstić information content (AvgIpc) is 2.69. The van der Waals surface area contributed by atoms with Crippen LogP contribution in [0.1, 0.15) is 44.8 Å². The van der Waals surface area contributed by atoms with Crippen LogP contribution in [0, 0.1) is 11.8 Å². The van der Waals surface area contributed by atoms with Crippen LogP contribution in [0.15, 0.2) is 0 Å². The van der Waals surface area contributed by atoms with E-state index in [-0.39, 0.29) is 0 Å². The normalized spacial score (nSPS) is 21.2. The third kappa shape index (κ3) is 3.06. The number of nitrogens with zero attached hydrogens (tertiary/aromatic N) is 3. The first-order valence-corrected chi connectivity index (χ1v) is 6.81. The number of hydrogen-bond donors (Lipinski definition) is 1. The Balaban J connectivity index is 1.94. The molecular formula is C13H24N4. The monoisotopic (exact) mass is 236 g/mol. The maximum Gasteiger partial charge on any atom is 0.133 e. The third-order valence-electron chi connectivity index (χ3n) is 3.80. The van der Waals surface area contributed by atoms with E-state index >= 15 is 0 Å². The van der Waals surface area contributed by atoms with E-state index in [9.17, 15) is 0 Å². The lowest BCUT2D eigenvalue weighted by Crippen LogP contribution is -2.19. The molecule has 0 amide bonds. The van der Waals surface area contributed by atoms with Crippen LogP contribution in [-0.4, -0.2) is 21.3 Å². The highest BCUT2D eigenvalue weighted by Gasteiger charge is 2.20. The average molecular weight is 236 g/mol.